The molecule has 0 saturated heterocycles. The Hall–Kier alpha value is -0.590. The number of ketones is 1. The zero-order chi connectivity index (χ0) is 8.55. The number of hydrogen-bond acceptors (Lipinski definition) is 1. The van der Waals surface area contributed by atoms with E-state index >= 15 is 0 Å². The van der Waals surface area contributed by atoms with Crippen molar-refractivity contribution in [2.75, 3.05) is 0 Å². The first-order valence-electron chi connectivity index (χ1n) is 5.04. The van der Waals surface area contributed by atoms with E-state index in [1.165, 1.54) is 31.3 Å². The molecule has 0 heterocycles. The molecule has 1 saturated carbocycles. The summed E-state index contributed by atoms with van der Waals surface area (Å²) in [7, 11) is 0. The highest BCUT2D eigenvalue weighted by molar-refractivity contribution is 5.91. The van der Waals surface area contributed by atoms with Crippen molar-refractivity contribution in [3.63, 3.8) is 0 Å². The van der Waals surface area contributed by atoms with Crippen LogP contribution < -0.4 is 0 Å². The molecule has 2 atom stereocenters. The summed E-state index contributed by atoms with van der Waals surface area (Å²) in [5.74, 6) is 1.81. The molecular weight excluding hydrogens is 148 g/mol. The van der Waals surface area contributed by atoms with Crippen molar-refractivity contribution in [3.05, 3.63) is 11.6 Å². The van der Waals surface area contributed by atoms with Gasteiger partial charge in [-0.25, -0.2) is 0 Å². The van der Waals surface area contributed by atoms with Gasteiger partial charge < -0.3 is 0 Å². The Morgan fingerprint density at radius 1 is 1.58 bits per heavy atom. The molecule has 2 unspecified atom stereocenters. The predicted octanol–water partition coefficient (Wildman–Crippen LogP) is 2.71. The molecule has 0 aromatic carbocycles. The van der Waals surface area contributed by atoms with Gasteiger partial charge in [0.1, 0.15) is 0 Å². The second-order valence-corrected chi connectivity index (χ2v) is 4.06. The molecule has 1 fully saturated rings. The van der Waals surface area contributed by atoms with E-state index in [0.29, 0.717) is 11.7 Å². The van der Waals surface area contributed by atoms with Crippen LogP contribution in [0.3, 0.4) is 0 Å². The van der Waals surface area contributed by atoms with Crippen molar-refractivity contribution in [2.24, 2.45) is 11.8 Å². The van der Waals surface area contributed by atoms with Gasteiger partial charge in [-0.15, -0.1) is 0 Å². The lowest BCUT2D eigenvalue weighted by Crippen LogP contribution is -2.21. The van der Waals surface area contributed by atoms with Crippen LogP contribution >= 0.6 is 0 Å². The SMILES string of the molecule is CCC1CC(=O)C=C2CCCC21. The van der Waals surface area contributed by atoms with Crippen molar-refractivity contribution in [1.29, 1.82) is 0 Å². The third kappa shape index (κ3) is 1.21. The smallest absolute Gasteiger partial charge is 0.155 e. The van der Waals surface area contributed by atoms with Gasteiger partial charge >= 0.3 is 0 Å². The standard InChI is InChI=1S/C11H16O/c1-2-8-6-10(12)7-9-4-3-5-11(8)9/h7-8,11H,2-6H2,1H3. The molecule has 1 nitrogen and oxygen atoms in total. The quantitative estimate of drug-likeness (QED) is 0.582. The van der Waals surface area contributed by atoms with Crippen LogP contribution in [0.2, 0.25) is 0 Å². The van der Waals surface area contributed by atoms with E-state index in [1.807, 2.05) is 6.08 Å². The topological polar surface area (TPSA) is 17.1 Å². The molecule has 0 aliphatic heterocycles. The fraction of sp³-hybridized carbons (Fsp3) is 0.727. The molecule has 2 aliphatic carbocycles. The summed E-state index contributed by atoms with van der Waals surface area (Å²) >= 11 is 0. The Balaban J connectivity index is 2.23. The number of fused-ring (bicyclic) bond motifs is 1. The summed E-state index contributed by atoms with van der Waals surface area (Å²) in [6.45, 7) is 2.21. The number of carbonyl (C=O) groups is 1. The molecule has 2 rings (SSSR count). The van der Waals surface area contributed by atoms with Gasteiger partial charge in [-0.1, -0.05) is 18.9 Å². The van der Waals surface area contributed by atoms with Gasteiger partial charge in [-0.05, 0) is 37.2 Å². The molecule has 0 spiro atoms. The Labute approximate surface area is 73.8 Å². The van der Waals surface area contributed by atoms with Crippen molar-refractivity contribution in [3.8, 4) is 0 Å². The molecule has 2 aliphatic rings. The normalized spacial score (nSPS) is 34.8. The number of hydrogen-bond donors (Lipinski definition) is 0. The van der Waals surface area contributed by atoms with Crippen LogP contribution in [0.4, 0.5) is 0 Å². The van der Waals surface area contributed by atoms with Crippen LogP contribution in [0, 0.1) is 11.8 Å². The maximum atomic E-state index is 11.3. The van der Waals surface area contributed by atoms with Gasteiger partial charge in [0, 0.05) is 6.42 Å². The number of allylic oxidation sites excluding steroid dienone is 2. The molecule has 0 radical (unpaired) electrons. The van der Waals surface area contributed by atoms with Gasteiger partial charge in [0.05, 0.1) is 0 Å². The maximum Gasteiger partial charge on any atom is 0.155 e. The van der Waals surface area contributed by atoms with Gasteiger partial charge in [0.15, 0.2) is 5.78 Å². The minimum atomic E-state index is 0.370. The summed E-state index contributed by atoms with van der Waals surface area (Å²) in [6, 6.07) is 0. The molecule has 0 bridgehead atoms. The van der Waals surface area contributed by atoms with E-state index in [2.05, 4.69) is 6.92 Å². The van der Waals surface area contributed by atoms with E-state index < -0.39 is 0 Å². The van der Waals surface area contributed by atoms with Crippen molar-refractivity contribution in [1.82, 2.24) is 0 Å². The van der Waals surface area contributed by atoms with Crippen LogP contribution in [-0.4, -0.2) is 5.78 Å². The molecule has 0 amide bonds. The minimum absolute atomic E-state index is 0.370. The molecule has 66 valence electrons. The predicted molar refractivity (Wildman–Crippen MR) is 48.8 cm³/mol. The molecular formula is C11H16O. The molecule has 0 N–H and O–H groups in total. The average Bonchev–Trinajstić information content (AvgIpc) is 2.50. The fourth-order valence-corrected chi connectivity index (χ4v) is 2.71. The molecule has 0 aromatic rings. The van der Waals surface area contributed by atoms with Crippen LogP contribution in [0.25, 0.3) is 0 Å². The van der Waals surface area contributed by atoms with E-state index in [4.69, 9.17) is 0 Å². The third-order valence-corrected chi connectivity index (χ3v) is 3.36. The van der Waals surface area contributed by atoms with E-state index in [-0.39, 0.29) is 0 Å². The monoisotopic (exact) mass is 164 g/mol. The lowest BCUT2D eigenvalue weighted by molar-refractivity contribution is -0.116. The van der Waals surface area contributed by atoms with E-state index in [0.717, 1.165) is 12.3 Å². The van der Waals surface area contributed by atoms with Crippen molar-refractivity contribution >= 4 is 5.78 Å². The summed E-state index contributed by atoms with van der Waals surface area (Å²) in [6.07, 6.45) is 7.73. The maximum absolute atomic E-state index is 11.3. The number of carbonyl (C=O) groups excluding carboxylic acids is 1. The van der Waals surface area contributed by atoms with E-state index in [1.54, 1.807) is 0 Å². The zero-order valence-corrected chi connectivity index (χ0v) is 7.68. The number of rotatable bonds is 1. The first-order valence-corrected chi connectivity index (χ1v) is 5.04. The van der Waals surface area contributed by atoms with Crippen LogP contribution in [0.1, 0.15) is 39.0 Å². The van der Waals surface area contributed by atoms with E-state index in [9.17, 15) is 4.79 Å². The highest BCUT2D eigenvalue weighted by Gasteiger charge is 2.32. The molecule has 0 aromatic heterocycles. The summed E-state index contributed by atoms with van der Waals surface area (Å²) < 4.78 is 0. The Kier molecular flexibility index (Phi) is 2.03. The van der Waals surface area contributed by atoms with Crippen LogP contribution in [-0.2, 0) is 4.79 Å². The van der Waals surface area contributed by atoms with Gasteiger partial charge in [-0.2, -0.15) is 0 Å². The Bertz CT molecular complexity index is 227. The second-order valence-electron chi connectivity index (χ2n) is 4.06. The zero-order valence-electron chi connectivity index (χ0n) is 7.68. The molecule has 12 heavy (non-hydrogen) atoms. The van der Waals surface area contributed by atoms with Gasteiger partial charge in [-0.3, -0.25) is 4.79 Å². The van der Waals surface area contributed by atoms with Crippen LogP contribution in [0.15, 0.2) is 11.6 Å². The first-order chi connectivity index (χ1) is 5.81. The lowest BCUT2D eigenvalue weighted by atomic mass is 9.78. The highest BCUT2D eigenvalue weighted by Crippen LogP contribution is 2.42. The summed E-state index contributed by atoms with van der Waals surface area (Å²) in [4.78, 5) is 11.3. The highest BCUT2D eigenvalue weighted by atomic mass is 16.1. The summed E-state index contributed by atoms with van der Waals surface area (Å²) in [5, 5.41) is 0. The third-order valence-electron chi connectivity index (χ3n) is 3.36. The average molecular weight is 164 g/mol. The minimum Gasteiger partial charge on any atom is -0.295 e. The molecule has 1 heteroatoms. The fourth-order valence-electron chi connectivity index (χ4n) is 2.71. The summed E-state index contributed by atoms with van der Waals surface area (Å²) in [5.41, 5.74) is 1.46. The Morgan fingerprint density at radius 2 is 2.42 bits per heavy atom. The van der Waals surface area contributed by atoms with Gasteiger partial charge in [0.25, 0.3) is 0 Å². The second kappa shape index (κ2) is 3.04. The van der Waals surface area contributed by atoms with Crippen molar-refractivity contribution in [2.45, 2.75) is 39.0 Å². The lowest BCUT2D eigenvalue weighted by Gasteiger charge is -2.26. The van der Waals surface area contributed by atoms with Gasteiger partial charge in [0.2, 0.25) is 0 Å². The Morgan fingerprint density at radius 3 is 3.17 bits per heavy atom. The largest absolute Gasteiger partial charge is 0.295 e. The first kappa shape index (κ1) is 8.03. The van der Waals surface area contributed by atoms with Crippen LogP contribution in [0.5, 0.6) is 0 Å². The van der Waals surface area contributed by atoms with Crippen molar-refractivity contribution < 1.29 is 4.79 Å².